The van der Waals surface area contributed by atoms with Crippen LogP contribution in [0.25, 0.3) is 0 Å². The highest BCUT2D eigenvalue weighted by Gasteiger charge is 2.61. The van der Waals surface area contributed by atoms with E-state index in [1.807, 2.05) is 0 Å². The summed E-state index contributed by atoms with van der Waals surface area (Å²) in [7, 11) is 0. The van der Waals surface area contributed by atoms with Crippen LogP contribution in [0.1, 0.15) is 78.6 Å². The molecule has 4 aliphatic carbocycles. The molecule has 0 bridgehead atoms. The number of carbonyl (C=O) groups excluding carboxylic acids is 2. The monoisotopic (exact) mass is 512 g/mol. The number of alkyl halides is 6. The Labute approximate surface area is 201 Å². The van der Waals surface area contributed by atoms with Crippen LogP contribution in [0.15, 0.2) is 0 Å². The zero-order valence-electron chi connectivity index (χ0n) is 20.3. The summed E-state index contributed by atoms with van der Waals surface area (Å²) < 4.78 is 85.8. The first-order valence-electron chi connectivity index (χ1n) is 12.6. The molecule has 0 spiro atoms. The number of esters is 2. The first kappa shape index (κ1) is 26.6. The van der Waals surface area contributed by atoms with E-state index in [-0.39, 0.29) is 22.7 Å². The lowest BCUT2D eigenvalue weighted by Crippen LogP contribution is -2.55. The Hall–Kier alpha value is -1.48. The van der Waals surface area contributed by atoms with Crippen LogP contribution in [-0.2, 0) is 19.1 Å². The van der Waals surface area contributed by atoms with Crippen LogP contribution in [0.4, 0.5) is 26.3 Å². The van der Waals surface area contributed by atoms with Crippen molar-refractivity contribution in [3.63, 3.8) is 0 Å². The Morgan fingerprint density at radius 3 is 2.03 bits per heavy atom. The first-order valence-corrected chi connectivity index (χ1v) is 12.6. The maximum Gasteiger partial charge on any atom is 0.490 e. The molecule has 4 aliphatic rings. The largest absolute Gasteiger partial charge is 0.490 e. The quantitative estimate of drug-likeness (QED) is 0.315. The van der Waals surface area contributed by atoms with Gasteiger partial charge in [0.2, 0.25) is 0 Å². The molecule has 0 aromatic heterocycles. The Bertz CT molecular complexity index is 841. The lowest BCUT2D eigenvalue weighted by molar-refractivity contribution is -0.212. The number of carbonyl (C=O) groups is 2. The van der Waals surface area contributed by atoms with Crippen molar-refractivity contribution >= 4 is 11.9 Å². The molecule has 0 heterocycles. The fraction of sp³-hybridized carbons (Fsp3) is 0.920. The van der Waals surface area contributed by atoms with Gasteiger partial charge in [0.25, 0.3) is 0 Å². The molecule has 0 radical (unpaired) electrons. The van der Waals surface area contributed by atoms with Crippen molar-refractivity contribution in [2.75, 3.05) is 0 Å². The summed E-state index contributed by atoms with van der Waals surface area (Å²) in [5.74, 6) is -3.13. The molecule has 10 heteroatoms. The molecule has 9 unspecified atom stereocenters. The highest BCUT2D eigenvalue weighted by atomic mass is 19.4. The van der Waals surface area contributed by atoms with E-state index >= 15 is 0 Å². The predicted molar refractivity (Wildman–Crippen MR) is 113 cm³/mol. The van der Waals surface area contributed by atoms with Gasteiger partial charge in [-0.15, -0.1) is 0 Å². The van der Waals surface area contributed by atoms with E-state index in [2.05, 4.69) is 13.8 Å². The molecule has 200 valence electrons. The SMILES string of the molecule is CC(OC(=O)C(F)(F)F)C1CCC2C3CCC4CC(OC(=O)C(F)(F)F)CCC4(C)C3CCC12C. The van der Waals surface area contributed by atoms with Crippen LogP contribution >= 0.6 is 0 Å². The van der Waals surface area contributed by atoms with E-state index in [1.165, 1.54) is 0 Å². The van der Waals surface area contributed by atoms with Gasteiger partial charge in [-0.2, -0.15) is 26.3 Å². The normalized spacial score (nSPS) is 42.3. The summed E-state index contributed by atoms with van der Waals surface area (Å²) in [5, 5.41) is 0. The van der Waals surface area contributed by atoms with E-state index in [1.54, 1.807) is 6.92 Å². The van der Waals surface area contributed by atoms with E-state index in [0.29, 0.717) is 43.4 Å². The average Bonchev–Trinajstić information content (AvgIpc) is 3.10. The number of fused-ring (bicyclic) bond motifs is 5. The van der Waals surface area contributed by atoms with E-state index in [4.69, 9.17) is 9.47 Å². The molecule has 4 fully saturated rings. The summed E-state index contributed by atoms with van der Waals surface area (Å²) in [6, 6.07) is 0. The number of ether oxygens (including phenoxy) is 2. The summed E-state index contributed by atoms with van der Waals surface area (Å²) in [6.45, 7) is 5.92. The van der Waals surface area contributed by atoms with Crippen molar-refractivity contribution in [2.24, 2.45) is 40.4 Å². The van der Waals surface area contributed by atoms with Crippen molar-refractivity contribution in [2.45, 2.75) is 103 Å². The summed E-state index contributed by atoms with van der Waals surface area (Å²) in [4.78, 5) is 22.8. The van der Waals surface area contributed by atoms with Gasteiger partial charge in [-0.05, 0) is 99.2 Å². The lowest BCUT2D eigenvalue weighted by atomic mass is 9.44. The van der Waals surface area contributed by atoms with Crippen molar-refractivity contribution in [3.8, 4) is 0 Å². The highest BCUT2D eigenvalue weighted by molar-refractivity contribution is 5.76. The van der Waals surface area contributed by atoms with E-state index < -0.39 is 36.5 Å². The van der Waals surface area contributed by atoms with Gasteiger partial charge >= 0.3 is 24.3 Å². The zero-order valence-corrected chi connectivity index (χ0v) is 20.3. The summed E-state index contributed by atoms with van der Waals surface area (Å²) in [6.07, 6.45) is -4.92. The minimum absolute atomic E-state index is 0.0577. The van der Waals surface area contributed by atoms with Crippen molar-refractivity contribution in [1.29, 1.82) is 0 Å². The third kappa shape index (κ3) is 4.67. The first-order chi connectivity index (χ1) is 16.1. The van der Waals surface area contributed by atoms with Gasteiger partial charge in [-0.25, -0.2) is 9.59 Å². The van der Waals surface area contributed by atoms with Crippen LogP contribution in [0.2, 0.25) is 0 Å². The minimum Gasteiger partial charge on any atom is -0.456 e. The molecule has 0 aliphatic heterocycles. The number of halogens is 6. The Morgan fingerprint density at radius 2 is 1.40 bits per heavy atom. The number of hydrogen-bond acceptors (Lipinski definition) is 4. The zero-order chi connectivity index (χ0) is 26.0. The number of hydrogen-bond donors (Lipinski definition) is 0. The van der Waals surface area contributed by atoms with Gasteiger partial charge in [-0.3, -0.25) is 0 Å². The van der Waals surface area contributed by atoms with Gasteiger partial charge in [0, 0.05) is 5.92 Å². The molecule has 0 saturated heterocycles. The predicted octanol–water partition coefficient (Wildman–Crippen LogP) is 6.61. The molecular weight excluding hydrogens is 478 g/mol. The third-order valence-electron chi connectivity index (χ3n) is 10.3. The smallest absolute Gasteiger partial charge is 0.456 e. The van der Waals surface area contributed by atoms with Crippen LogP contribution in [0.3, 0.4) is 0 Å². The van der Waals surface area contributed by atoms with Crippen molar-refractivity contribution < 1.29 is 45.4 Å². The Morgan fingerprint density at radius 1 is 0.800 bits per heavy atom. The standard InChI is InChI=1S/C25H34F6O4/c1-13(34-20(32)24(26,27)28)17-6-7-18-16-5-4-14-12-15(35-21(33)25(29,30)31)8-10-22(14,2)19(16)9-11-23(17,18)3/h13-19H,4-12H2,1-3H3. The summed E-state index contributed by atoms with van der Waals surface area (Å²) >= 11 is 0. The maximum atomic E-state index is 12.7. The van der Waals surface area contributed by atoms with Crippen LogP contribution in [0.5, 0.6) is 0 Å². The molecule has 35 heavy (non-hydrogen) atoms. The molecule has 0 aromatic carbocycles. The van der Waals surface area contributed by atoms with Gasteiger partial charge in [0.1, 0.15) is 12.2 Å². The molecule has 4 saturated carbocycles. The van der Waals surface area contributed by atoms with E-state index in [9.17, 15) is 35.9 Å². The Kier molecular flexibility index (Phi) is 6.70. The second-order valence-electron chi connectivity index (χ2n) is 11.8. The van der Waals surface area contributed by atoms with E-state index in [0.717, 1.165) is 32.1 Å². The molecule has 0 N–H and O–H groups in total. The number of rotatable bonds is 3. The third-order valence-corrected chi connectivity index (χ3v) is 10.3. The van der Waals surface area contributed by atoms with Gasteiger partial charge < -0.3 is 9.47 Å². The van der Waals surface area contributed by atoms with Crippen LogP contribution < -0.4 is 0 Å². The fourth-order valence-corrected chi connectivity index (χ4v) is 8.67. The average molecular weight is 513 g/mol. The highest BCUT2D eigenvalue weighted by Crippen LogP contribution is 2.68. The molecule has 9 atom stereocenters. The Balaban J connectivity index is 1.44. The second-order valence-corrected chi connectivity index (χ2v) is 11.8. The van der Waals surface area contributed by atoms with Gasteiger partial charge in [0.05, 0.1) is 0 Å². The van der Waals surface area contributed by atoms with Crippen molar-refractivity contribution in [3.05, 3.63) is 0 Å². The minimum atomic E-state index is -5.01. The molecule has 4 rings (SSSR count). The van der Waals surface area contributed by atoms with Crippen LogP contribution in [-0.4, -0.2) is 36.5 Å². The van der Waals surface area contributed by atoms with Crippen LogP contribution in [0, 0.1) is 40.4 Å². The summed E-state index contributed by atoms with van der Waals surface area (Å²) in [5.41, 5.74) is -0.271. The fourth-order valence-electron chi connectivity index (χ4n) is 8.67. The molecule has 4 nitrogen and oxygen atoms in total. The van der Waals surface area contributed by atoms with Crippen molar-refractivity contribution in [1.82, 2.24) is 0 Å². The molecule has 0 aromatic rings. The topological polar surface area (TPSA) is 52.6 Å². The maximum absolute atomic E-state index is 12.7. The van der Waals surface area contributed by atoms with Gasteiger partial charge in [-0.1, -0.05) is 13.8 Å². The second kappa shape index (κ2) is 8.82. The molecular formula is C25H34F6O4. The van der Waals surface area contributed by atoms with Gasteiger partial charge in [0.15, 0.2) is 0 Å². The lowest BCUT2D eigenvalue weighted by Gasteiger charge is -2.61. The molecule has 0 amide bonds.